The standard InChI is InChI=1S/C14H18F4N2O.2ClH/c15-11-3-1-2-10(13(11)21)12(4-5-14(16,17)18)20-8-6-19-7-9-20;;/h1-3,12,19,21H,4-9H2;2*1H/t12-;;/m1../s1. The summed E-state index contributed by atoms with van der Waals surface area (Å²) < 4.78 is 51.0. The van der Waals surface area contributed by atoms with Gasteiger partial charge in [-0.3, -0.25) is 4.90 Å². The van der Waals surface area contributed by atoms with Crippen molar-refractivity contribution in [2.24, 2.45) is 0 Å². The highest BCUT2D eigenvalue weighted by molar-refractivity contribution is 5.85. The van der Waals surface area contributed by atoms with Crippen molar-refractivity contribution < 1.29 is 22.7 Å². The minimum absolute atomic E-state index is 0. The molecule has 1 aliphatic rings. The largest absolute Gasteiger partial charge is 0.505 e. The summed E-state index contributed by atoms with van der Waals surface area (Å²) in [6.07, 6.45) is -5.42. The monoisotopic (exact) mass is 378 g/mol. The Kier molecular flexibility index (Phi) is 9.20. The van der Waals surface area contributed by atoms with E-state index in [0.717, 1.165) is 6.07 Å². The lowest BCUT2D eigenvalue weighted by Crippen LogP contribution is -2.45. The third-order valence-electron chi connectivity index (χ3n) is 3.67. The molecule has 1 atom stereocenters. The smallest absolute Gasteiger partial charge is 0.389 e. The molecule has 0 amide bonds. The van der Waals surface area contributed by atoms with Crippen LogP contribution < -0.4 is 5.32 Å². The van der Waals surface area contributed by atoms with Gasteiger partial charge in [0, 0.05) is 44.2 Å². The molecule has 0 radical (unpaired) electrons. The Balaban J connectivity index is 0.00000242. The van der Waals surface area contributed by atoms with Gasteiger partial charge in [0.15, 0.2) is 11.6 Å². The fraction of sp³-hybridized carbons (Fsp3) is 0.571. The Bertz CT molecular complexity index is 482. The van der Waals surface area contributed by atoms with Crippen molar-refractivity contribution in [2.45, 2.75) is 25.1 Å². The van der Waals surface area contributed by atoms with Crippen molar-refractivity contribution in [2.75, 3.05) is 26.2 Å². The highest BCUT2D eigenvalue weighted by Crippen LogP contribution is 2.36. The molecule has 134 valence electrons. The van der Waals surface area contributed by atoms with E-state index in [0.29, 0.717) is 26.2 Å². The summed E-state index contributed by atoms with van der Waals surface area (Å²) in [4.78, 5) is 1.86. The number of nitrogens with one attached hydrogen (secondary N) is 1. The van der Waals surface area contributed by atoms with Crippen molar-refractivity contribution in [1.82, 2.24) is 10.2 Å². The molecule has 9 heteroatoms. The van der Waals surface area contributed by atoms with E-state index in [1.54, 1.807) is 0 Å². The summed E-state index contributed by atoms with van der Waals surface area (Å²) in [6.45, 7) is 2.47. The number of para-hydroxylation sites is 1. The first-order valence-corrected chi connectivity index (χ1v) is 6.87. The number of hydrogen-bond acceptors (Lipinski definition) is 3. The second kappa shape index (κ2) is 9.52. The van der Waals surface area contributed by atoms with Gasteiger partial charge < -0.3 is 10.4 Å². The molecule has 1 saturated heterocycles. The number of alkyl halides is 3. The van der Waals surface area contributed by atoms with Crippen LogP contribution in [-0.4, -0.2) is 42.4 Å². The molecule has 0 bridgehead atoms. The van der Waals surface area contributed by atoms with Crippen LogP contribution in [0.25, 0.3) is 0 Å². The summed E-state index contributed by atoms with van der Waals surface area (Å²) in [6, 6.07) is 3.36. The van der Waals surface area contributed by atoms with Crippen molar-refractivity contribution in [1.29, 1.82) is 0 Å². The van der Waals surface area contributed by atoms with E-state index in [1.807, 2.05) is 4.90 Å². The van der Waals surface area contributed by atoms with Gasteiger partial charge in [0.1, 0.15) is 0 Å². The van der Waals surface area contributed by atoms with Gasteiger partial charge in [-0.05, 0) is 12.5 Å². The number of piperazine rings is 1. The van der Waals surface area contributed by atoms with Gasteiger partial charge in [-0.2, -0.15) is 13.2 Å². The number of aromatic hydroxyl groups is 1. The van der Waals surface area contributed by atoms with Gasteiger partial charge in [0.05, 0.1) is 0 Å². The van der Waals surface area contributed by atoms with Crippen LogP contribution in [0.3, 0.4) is 0 Å². The summed E-state index contributed by atoms with van der Waals surface area (Å²) in [5.41, 5.74) is 0.223. The molecule has 0 unspecified atom stereocenters. The molecular weight excluding hydrogens is 359 g/mol. The van der Waals surface area contributed by atoms with Crippen LogP contribution in [0.15, 0.2) is 18.2 Å². The Morgan fingerprint density at radius 1 is 1.17 bits per heavy atom. The van der Waals surface area contributed by atoms with E-state index in [4.69, 9.17) is 0 Å². The molecular formula is C14H20Cl2F4N2O. The molecule has 1 fully saturated rings. The zero-order valence-corrected chi connectivity index (χ0v) is 13.9. The Morgan fingerprint density at radius 3 is 2.35 bits per heavy atom. The minimum Gasteiger partial charge on any atom is -0.505 e. The van der Waals surface area contributed by atoms with Crippen LogP contribution in [0.2, 0.25) is 0 Å². The molecule has 0 spiro atoms. The molecule has 2 rings (SSSR count). The van der Waals surface area contributed by atoms with E-state index in [1.165, 1.54) is 12.1 Å². The summed E-state index contributed by atoms with van der Waals surface area (Å²) in [5, 5.41) is 12.9. The van der Waals surface area contributed by atoms with Gasteiger partial charge in [0.2, 0.25) is 0 Å². The van der Waals surface area contributed by atoms with Crippen LogP contribution in [0, 0.1) is 5.82 Å². The molecule has 1 heterocycles. The van der Waals surface area contributed by atoms with Gasteiger partial charge in [-0.25, -0.2) is 4.39 Å². The number of phenolic OH excluding ortho intramolecular Hbond substituents is 1. The number of hydrogen-bond donors (Lipinski definition) is 2. The number of rotatable bonds is 4. The normalized spacial score (nSPS) is 17.0. The number of benzene rings is 1. The molecule has 2 N–H and O–H groups in total. The van der Waals surface area contributed by atoms with E-state index in [-0.39, 0.29) is 36.8 Å². The van der Waals surface area contributed by atoms with Crippen LogP contribution in [-0.2, 0) is 0 Å². The first-order chi connectivity index (χ1) is 9.88. The highest BCUT2D eigenvalue weighted by Gasteiger charge is 2.32. The zero-order chi connectivity index (χ0) is 15.5. The van der Waals surface area contributed by atoms with E-state index < -0.39 is 30.2 Å². The molecule has 23 heavy (non-hydrogen) atoms. The summed E-state index contributed by atoms with van der Waals surface area (Å²) in [7, 11) is 0. The minimum atomic E-state index is -4.27. The fourth-order valence-corrected chi connectivity index (χ4v) is 2.63. The quantitative estimate of drug-likeness (QED) is 0.784. The summed E-state index contributed by atoms with van der Waals surface area (Å²) in [5.74, 6) is -1.36. The number of nitrogens with zero attached hydrogens (tertiary/aromatic N) is 1. The van der Waals surface area contributed by atoms with E-state index in [9.17, 15) is 22.7 Å². The Morgan fingerprint density at radius 2 is 1.78 bits per heavy atom. The van der Waals surface area contributed by atoms with E-state index >= 15 is 0 Å². The average Bonchev–Trinajstić information content (AvgIpc) is 2.43. The third-order valence-corrected chi connectivity index (χ3v) is 3.67. The highest BCUT2D eigenvalue weighted by atomic mass is 35.5. The SMILES string of the molecule is Cl.Cl.Oc1c(F)cccc1[C@@H](CCC(F)(F)F)N1CCNCC1. The molecule has 1 aromatic carbocycles. The topological polar surface area (TPSA) is 35.5 Å². The van der Waals surface area contributed by atoms with Crippen molar-refractivity contribution in [3.05, 3.63) is 29.6 Å². The second-order valence-corrected chi connectivity index (χ2v) is 5.13. The van der Waals surface area contributed by atoms with Gasteiger partial charge in [0.25, 0.3) is 0 Å². The molecule has 1 aliphatic heterocycles. The first kappa shape index (κ1) is 22.2. The predicted octanol–water partition coefficient (Wildman–Crippen LogP) is 3.66. The molecule has 1 aromatic rings. The maximum absolute atomic E-state index is 13.5. The molecule has 0 aliphatic carbocycles. The third kappa shape index (κ3) is 6.33. The van der Waals surface area contributed by atoms with Crippen LogP contribution in [0.1, 0.15) is 24.4 Å². The van der Waals surface area contributed by atoms with Crippen molar-refractivity contribution >= 4 is 24.8 Å². The van der Waals surface area contributed by atoms with Crippen molar-refractivity contribution in [3.8, 4) is 5.75 Å². The van der Waals surface area contributed by atoms with Crippen LogP contribution in [0.4, 0.5) is 17.6 Å². The number of phenols is 1. The Hall–Kier alpha value is -0.760. The lowest BCUT2D eigenvalue weighted by molar-refractivity contribution is -0.138. The lowest BCUT2D eigenvalue weighted by atomic mass is 9.98. The van der Waals surface area contributed by atoms with E-state index in [2.05, 4.69) is 5.32 Å². The zero-order valence-electron chi connectivity index (χ0n) is 12.3. The maximum atomic E-state index is 13.5. The van der Waals surface area contributed by atoms with Crippen molar-refractivity contribution in [3.63, 3.8) is 0 Å². The first-order valence-electron chi connectivity index (χ1n) is 6.87. The van der Waals surface area contributed by atoms with Crippen LogP contribution >= 0.6 is 24.8 Å². The lowest BCUT2D eigenvalue weighted by Gasteiger charge is -2.35. The summed E-state index contributed by atoms with van der Waals surface area (Å²) >= 11 is 0. The fourth-order valence-electron chi connectivity index (χ4n) is 2.63. The molecule has 3 nitrogen and oxygen atoms in total. The van der Waals surface area contributed by atoms with Crippen LogP contribution in [0.5, 0.6) is 5.75 Å². The van der Waals surface area contributed by atoms with Gasteiger partial charge in [-0.15, -0.1) is 24.8 Å². The average molecular weight is 379 g/mol. The predicted molar refractivity (Wildman–Crippen MR) is 85.0 cm³/mol. The van der Waals surface area contributed by atoms with Gasteiger partial charge >= 0.3 is 6.18 Å². The van der Waals surface area contributed by atoms with Gasteiger partial charge in [-0.1, -0.05) is 12.1 Å². The molecule has 0 aromatic heterocycles. The Labute approximate surface area is 144 Å². The maximum Gasteiger partial charge on any atom is 0.389 e. The second-order valence-electron chi connectivity index (χ2n) is 5.13. The number of halogens is 6. The molecule has 0 saturated carbocycles.